The average molecular weight is 237 g/mol. The maximum atomic E-state index is 5.43. The van der Waals surface area contributed by atoms with Crippen LogP contribution in [0.1, 0.15) is 19.5 Å². The molecule has 96 valence electrons. The van der Waals surface area contributed by atoms with Crippen molar-refractivity contribution in [1.29, 1.82) is 0 Å². The van der Waals surface area contributed by atoms with Gasteiger partial charge in [0, 0.05) is 36.7 Å². The largest absolute Gasteiger partial charge is 0.378 e. The second kappa shape index (κ2) is 7.25. The van der Waals surface area contributed by atoms with E-state index >= 15 is 0 Å². The van der Waals surface area contributed by atoms with E-state index in [1.807, 2.05) is 19.2 Å². The summed E-state index contributed by atoms with van der Waals surface area (Å²) in [7, 11) is 0. The molecule has 0 saturated heterocycles. The Morgan fingerprint density at radius 2 is 2.18 bits per heavy atom. The van der Waals surface area contributed by atoms with E-state index in [0.717, 1.165) is 12.2 Å². The number of aryl methyl sites for hydroxylation is 1. The first-order chi connectivity index (χ1) is 8.15. The van der Waals surface area contributed by atoms with E-state index in [4.69, 9.17) is 10.5 Å². The third-order valence-corrected chi connectivity index (χ3v) is 2.57. The lowest BCUT2D eigenvalue weighted by atomic mass is 10.2. The van der Waals surface area contributed by atoms with Crippen LogP contribution in [0.4, 0.5) is 5.69 Å². The van der Waals surface area contributed by atoms with Crippen LogP contribution in [0.2, 0.25) is 0 Å². The van der Waals surface area contributed by atoms with Gasteiger partial charge >= 0.3 is 0 Å². The zero-order valence-corrected chi connectivity index (χ0v) is 11.0. The van der Waals surface area contributed by atoms with Crippen molar-refractivity contribution in [2.24, 2.45) is 5.73 Å². The molecule has 0 amide bonds. The van der Waals surface area contributed by atoms with Gasteiger partial charge in [-0.2, -0.15) is 0 Å². The highest BCUT2D eigenvalue weighted by molar-refractivity contribution is 5.47. The van der Waals surface area contributed by atoms with Crippen molar-refractivity contribution in [2.75, 3.05) is 31.2 Å². The predicted octanol–water partition coefficient (Wildman–Crippen LogP) is 1.58. The van der Waals surface area contributed by atoms with Gasteiger partial charge in [-0.1, -0.05) is 0 Å². The monoisotopic (exact) mass is 237 g/mol. The van der Waals surface area contributed by atoms with Crippen LogP contribution >= 0.6 is 0 Å². The summed E-state index contributed by atoms with van der Waals surface area (Å²) in [5, 5.41) is 0. The van der Waals surface area contributed by atoms with Gasteiger partial charge in [0.2, 0.25) is 0 Å². The Morgan fingerprint density at radius 3 is 2.76 bits per heavy atom. The predicted molar refractivity (Wildman–Crippen MR) is 71.3 cm³/mol. The fourth-order valence-corrected chi connectivity index (χ4v) is 1.74. The summed E-state index contributed by atoms with van der Waals surface area (Å²) in [6.45, 7) is 9.15. The number of rotatable bonds is 7. The Kier molecular flexibility index (Phi) is 5.94. The molecule has 0 atom stereocenters. The zero-order chi connectivity index (χ0) is 12.7. The van der Waals surface area contributed by atoms with E-state index in [1.165, 1.54) is 5.69 Å². The Morgan fingerprint density at radius 1 is 1.41 bits per heavy atom. The van der Waals surface area contributed by atoms with Crippen LogP contribution in [-0.2, 0) is 4.74 Å². The highest BCUT2D eigenvalue weighted by Crippen LogP contribution is 2.16. The van der Waals surface area contributed by atoms with Crippen LogP contribution in [0, 0.1) is 6.92 Å². The van der Waals surface area contributed by atoms with Gasteiger partial charge in [0.25, 0.3) is 0 Å². The fraction of sp³-hybridized carbons (Fsp3) is 0.615. The summed E-state index contributed by atoms with van der Waals surface area (Å²) in [6.07, 6.45) is 1.85. The summed E-state index contributed by atoms with van der Waals surface area (Å²) in [5.41, 5.74) is 7.63. The molecule has 17 heavy (non-hydrogen) atoms. The minimum atomic E-state index is 0.443. The Balaban J connectivity index is 2.59. The number of pyridine rings is 1. The number of anilines is 1. The molecule has 4 heteroatoms. The van der Waals surface area contributed by atoms with Crippen molar-refractivity contribution in [3.8, 4) is 0 Å². The maximum absolute atomic E-state index is 5.43. The third kappa shape index (κ3) is 4.71. The molecule has 0 unspecified atom stereocenters. The van der Waals surface area contributed by atoms with E-state index in [-0.39, 0.29) is 0 Å². The van der Waals surface area contributed by atoms with Crippen molar-refractivity contribution in [2.45, 2.75) is 26.8 Å². The van der Waals surface area contributed by atoms with Gasteiger partial charge < -0.3 is 15.4 Å². The molecule has 0 spiro atoms. The van der Waals surface area contributed by atoms with Gasteiger partial charge in [-0.15, -0.1) is 0 Å². The molecule has 0 aliphatic rings. The molecular formula is C13H23N3O. The molecular weight excluding hydrogens is 214 g/mol. The van der Waals surface area contributed by atoms with Crippen LogP contribution in [0.15, 0.2) is 18.3 Å². The molecule has 1 aromatic heterocycles. The lowest BCUT2D eigenvalue weighted by Gasteiger charge is -2.29. The maximum Gasteiger partial charge on any atom is 0.0642 e. The van der Waals surface area contributed by atoms with Crippen molar-refractivity contribution in [3.63, 3.8) is 0 Å². The van der Waals surface area contributed by atoms with E-state index in [0.29, 0.717) is 25.8 Å². The lowest BCUT2D eigenvalue weighted by Crippen LogP contribution is -2.34. The molecule has 0 aliphatic carbocycles. The highest BCUT2D eigenvalue weighted by Gasteiger charge is 2.10. The fourth-order valence-electron chi connectivity index (χ4n) is 1.74. The van der Waals surface area contributed by atoms with Crippen LogP contribution in [-0.4, -0.2) is 37.3 Å². The van der Waals surface area contributed by atoms with Gasteiger partial charge in [-0.05, 0) is 32.9 Å². The van der Waals surface area contributed by atoms with Gasteiger partial charge in [0.15, 0.2) is 0 Å². The third-order valence-electron chi connectivity index (χ3n) is 2.57. The van der Waals surface area contributed by atoms with Crippen LogP contribution in [0.5, 0.6) is 0 Å². The second-order valence-electron chi connectivity index (χ2n) is 4.34. The Labute approximate surface area is 104 Å². The summed E-state index contributed by atoms with van der Waals surface area (Å²) in [5.74, 6) is 0. The van der Waals surface area contributed by atoms with E-state index < -0.39 is 0 Å². The molecule has 1 heterocycles. The number of ether oxygens (including phenoxy) is 1. The smallest absolute Gasteiger partial charge is 0.0642 e. The summed E-state index contributed by atoms with van der Waals surface area (Å²) in [4.78, 5) is 6.53. The zero-order valence-electron chi connectivity index (χ0n) is 11.0. The first-order valence-corrected chi connectivity index (χ1v) is 6.12. The minimum Gasteiger partial charge on any atom is -0.378 e. The summed E-state index contributed by atoms with van der Waals surface area (Å²) < 4.78 is 5.43. The van der Waals surface area contributed by atoms with Crippen molar-refractivity contribution >= 4 is 5.69 Å². The molecule has 0 bridgehead atoms. The molecule has 0 aliphatic heterocycles. The molecule has 1 aromatic rings. The summed E-state index contributed by atoms with van der Waals surface area (Å²) in [6, 6.07) is 4.58. The van der Waals surface area contributed by atoms with E-state index in [9.17, 15) is 0 Å². The lowest BCUT2D eigenvalue weighted by molar-refractivity contribution is 0.146. The van der Waals surface area contributed by atoms with Crippen LogP contribution in [0.3, 0.4) is 0 Å². The number of nitrogens with zero attached hydrogens (tertiary/aromatic N) is 2. The van der Waals surface area contributed by atoms with Crippen LogP contribution in [0.25, 0.3) is 0 Å². The van der Waals surface area contributed by atoms with Crippen molar-refractivity contribution in [3.05, 3.63) is 24.0 Å². The van der Waals surface area contributed by atoms with Gasteiger partial charge in [-0.3, -0.25) is 4.98 Å². The van der Waals surface area contributed by atoms with E-state index in [2.05, 4.69) is 29.8 Å². The SMILES string of the molecule is Cc1cc(N(CCOCCN)C(C)C)ccn1. The normalized spacial score (nSPS) is 10.9. The first-order valence-electron chi connectivity index (χ1n) is 6.12. The highest BCUT2D eigenvalue weighted by atomic mass is 16.5. The molecule has 1 rings (SSSR count). The van der Waals surface area contributed by atoms with Gasteiger partial charge in [0.1, 0.15) is 0 Å². The topological polar surface area (TPSA) is 51.4 Å². The Hall–Kier alpha value is -1.13. The molecule has 0 radical (unpaired) electrons. The minimum absolute atomic E-state index is 0.443. The quantitative estimate of drug-likeness (QED) is 0.732. The Bertz CT molecular complexity index is 328. The molecule has 0 fully saturated rings. The number of aromatic nitrogens is 1. The number of hydrogen-bond donors (Lipinski definition) is 1. The number of nitrogens with two attached hydrogens (primary N) is 1. The summed E-state index contributed by atoms with van der Waals surface area (Å²) >= 11 is 0. The average Bonchev–Trinajstić information content (AvgIpc) is 2.28. The van der Waals surface area contributed by atoms with Gasteiger partial charge in [-0.25, -0.2) is 0 Å². The van der Waals surface area contributed by atoms with Crippen LogP contribution < -0.4 is 10.6 Å². The van der Waals surface area contributed by atoms with E-state index in [1.54, 1.807) is 0 Å². The van der Waals surface area contributed by atoms with Crippen molar-refractivity contribution in [1.82, 2.24) is 4.98 Å². The molecule has 4 nitrogen and oxygen atoms in total. The number of hydrogen-bond acceptors (Lipinski definition) is 4. The van der Waals surface area contributed by atoms with Gasteiger partial charge in [0.05, 0.1) is 13.2 Å². The molecule has 2 N–H and O–H groups in total. The molecule has 0 saturated carbocycles. The van der Waals surface area contributed by atoms with Crippen molar-refractivity contribution < 1.29 is 4.74 Å². The second-order valence-corrected chi connectivity index (χ2v) is 4.34. The first kappa shape index (κ1) is 13.9. The molecule has 0 aromatic carbocycles. The standard InChI is InChI=1S/C13H23N3O/c1-11(2)16(7-9-17-8-5-14)13-4-6-15-12(3)10-13/h4,6,10-11H,5,7-9,14H2,1-3H3.